The first-order chi connectivity index (χ1) is 7.74. The number of carbonyl (C=O) groups excluding carboxylic acids is 1. The zero-order valence-electron chi connectivity index (χ0n) is 10.7. The van der Waals surface area contributed by atoms with Crippen LogP contribution < -0.4 is 0 Å². The Kier molecular flexibility index (Phi) is 9.69. The van der Waals surface area contributed by atoms with Crippen molar-refractivity contribution in [3.63, 3.8) is 0 Å². The third kappa shape index (κ3) is 8.22. The lowest BCUT2D eigenvalue weighted by Gasteiger charge is -2.11. The molecule has 1 heteroatoms. The number of Topliss-reactive ketones (excluding diaryl/α,β-unsaturated/α-hetero) is 1. The average Bonchev–Trinajstić information content (AvgIpc) is 2.30. The molecule has 0 amide bonds. The highest BCUT2D eigenvalue weighted by Gasteiger charge is 2.11. The predicted molar refractivity (Wildman–Crippen MR) is 71.5 cm³/mol. The smallest absolute Gasteiger partial charge is 0.133 e. The van der Waals surface area contributed by atoms with Crippen molar-refractivity contribution in [3.05, 3.63) is 36.5 Å². The number of carbonyl (C=O) groups is 1. The van der Waals surface area contributed by atoms with Gasteiger partial charge in [-0.05, 0) is 32.6 Å². The summed E-state index contributed by atoms with van der Waals surface area (Å²) in [5.74, 6) is 0.417. The molecule has 0 bridgehead atoms. The molecule has 0 saturated heterocycles. The minimum Gasteiger partial charge on any atom is -0.300 e. The summed E-state index contributed by atoms with van der Waals surface area (Å²) < 4.78 is 0. The van der Waals surface area contributed by atoms with E-state index in [9.17, 15) is 4.79 Å². The van der Waals surface area contributed by atoms with Crippen molar-refractivity contribution in [1.29, 1.82) is 0 Å². The van der Waals surface area contributed by atoms with Crippen molar-refractivity contribution < 1.29 is 4.79 Å². The van der Waals surface area contributed by atoms with Crippen molar-refractivity contribution in [2.24, 2.45) is 0 Å². The summed E-state index contributed by atoms with van der Waals surface area (Å²) in [4.78, 5) is 10.8. The lowest BCUT2D eigenvalue weighted by Crippen LogP contribution is -2.05. The molecule has 1 fully saturated rings. The molecule has 0 unspecified atom stereocenters. The highest BCUT2D eigenvalue weighted by molar-refractivity contribution is 5.80. The van der Waals surface area contributed by atoms with Gasteiger partial charge in [-0.1, -0.05) is 36.8 Å². The topological polar surface area (TPSA) is 17.1 Å². The summed E-state index contributed by atoms with van der Waals surface area (Å²) in [5.41, 5.74) is 1.43. The van der Waals surface area contributed by atoms with Gasteiger partial charge >= 0.3 is 0 Å². The highest BCUT2D eigenvalue weighted by Crippen LogP contribution is 2.20. The van der Waals surface area contributed by atoms with E-state index in [2.05, 4.69) is 31.7 Å². The van der Waals surface area contributed by atoms with E-state index in [1.54, 1.807) is 0 Å². The van der Waals surface area contributed by atoms with Crippen molar-refractivity contribution in [2.75, 3.05) is 0 Å². The number of allylic oxidation sites excluding steroid dienone is 5. The van der Waals surface area contributed by atoms with Gasteiger partial charge < -0.3 is 0 Å². The van der Waals surface area contributed by atoms with Crippen LogP contribution in [0.15, 0.2) is 36.5 Å². The van der Waals surface area contributed by atoms with Gasteiger partial charge in [0.2, 0.25) is 0 Å². The minimum absolute atomic E-state index is 0.417. The first-order valence-electron chi connectivity index (χ1n) is 6.16. The van der Waals surface area contributed by atoms with Gasteiger partial charge in [-0.2, -0.15) is 0 Å². The molecule has 0 aromatic carbocycles. The third-order valence-electron chi connectivity index (χ3n) is 2.49. The largest absolute Gasteiger partial charge is 0.300 e. The summed E-state index contributed by atoms with van der Waals surface area (Å²) in [5, 5.41) is 0. The molecule has 0 heterocycles. The van der Waals surface area contributed by atoms with Gasteiger partial charge in [0.1, 0.15) is 5.78 Å². The van der Waals surface area contributed by atoms with E-state index in [0.29, 0.717) is 5.78 Å². The molecule has 0 aromatic rings. The molecule has 0 radical (unpaired) electrons. The molecule has 0 atom stereocenters. The molecule has 0 N–H and O–H groups in total. The molecular weight excluding hydrogens is 196 g/mol. The summed E-state index contributed by atoms with van der Waals surface area (Å²) in [6.07, 6.45) is 13.8. The average molecular weight is 220 g/mol. The summed E-state index contributed by atoms with van der Waals surface area (Å²) in [6.45, 7) is 7.80. The summed E-state index contributed by atoms with van der Waals surface area (Å²) in [7, 11) is 0. The molecule has 90 valence electrons. The second kappa shape index (κ2) is 10.4. The number of ketones is 1. The Bertz CT molecular complexity index is 247. The molecule has 0 aromatic heterocycles. The maximum absolute atomic E-state index is 10.8. The predicted octanol–water partition coefficient (Wildman–Crippen LogP) is 4.60. The SMILES string of the molecule is C=CCC=C1CCC(=O)CC1.CC=CCC. The van der Waals surface area contributed by atoms with E-state index in [1.807, 2.05) is 13.0 Å². The lowest BCUT2D eigenvalue weighted by atomic mass is 9.93. The lowest BCUT2D eigenvalue weighted by molar-refractivity contribution is -0.119. The Labute approximate surface area is 99.9 Å². The molecule has 0 aliphatic heterocycles. The molecule has 1 saturated carbocycles. The van der Waals surface area contributed by atoms with Crippen LogP contribution in [0.5, 0.6) is 0 Å². The molecule has 16 heavy (non-hydrogen) atoms. The van der Waals surface area contributed by atoms with Crippen LogP contribution in [0.2, 0.25) is 0 Å². The first-order valence-corrected chi connectivity index (χ1v) is 6.16. The van der Waals surface area contributed by atoms with Gasteiger partial charge in [0.05, 0.1) is 0 Å². The summed E-state index contributed by atoms with van der Waals surface area (Å²) in [6, 6.07) is 0. The highest BCUT2D eigenvalue weighted by atomic mass is 16.1. The summed E-state index contributed by atoms with van der Waals surface area (Å²) >= 11 is 0. The maximum atomic E-state index is 10.8. The van der Waals surface area contributed by atoms with Crippen LogP contribution in [0.3, 0.4) is 0 Å². The molecule has 1 nitrogen and oxygen atoms in total. The second-order valence-corrected chi connectivity index (χ2v) is 3.90. The third-order valence-corrected chi connectivity index (χ3v) is 2.49. The van der Waals surface area contributed by atoms with Crippen LogP contribution in [0.25, 0.3) is 0 Å². The van der Waals surface area contributed by atoms with E-state index in [0.717, 1.165) is 38.5 Å². The van der Waals surface area contributed by atoms with Crippen LogP contribution in [0, 0.1) is 0 Å². The second-order valence-electron chi connectivity index (χ2n) is 3.90. The molecule has 0 spiro atoms. The molecule has 1 rings (SSSR count). The Hall–Kier alpha value is -1.11. The zero-order chi connectivity index (χ0) is 12.2. The van der Waals surface area contributed by atoms with E-state index in [1.165, 1.54) is 5.57 Å². The Morgan fingerprint density at radius 2 is 1.88 bits per heavy atom. The maximum Gasteiger partial charge on any atom is 0.133 e. The van der Waals surface area contributed by atoms with Crippen LogP contribution in [-0.2, 0) is 4.79 Å². The van der Waals surface area contributed by atoms with Crippen molar-refractivity contribution in [2.45, 2.75) is 52.4 Å². The van der Waals surface area contributed by atoms with Gasteiger partial charge in [0.25, 0.3) is 0 Å². The van der Waals surface area contributed by atoms with E-state index in [4.69, 9.17) is 0 Å². The fraction of sp³-hybridized carbons (Fsp3) is 0.533. The van der Waals surface area contributed by atoms with E-state index < -0.39 is 0 Å². The Morgan fingerprint density at radius 3 is 2.25 bits per heavy atom. The minimum atomic E-state index is 0.417. The van der Waals surface area contributed by atoms with Crippen LogP contribution >= 0.6 is 0 Å². The Balaban J connectivity index is 0.000000385. The first kappa shape index (κ1) is 14.9. The molecule has 1 aliphatic rings. The molecular formula is C15H24O. The number of hydrogen-bond acceptors (Lipinski definition) is 1. The van der Waals surface area contributed by atoms with Crippen molar-refractivity contribution >= 4 is 5.78 Å². The van der Waals surface area contributed by atoms with Gasteiger partial charge in [0.15, 0.2) is 0 Å². The van der Waals surface area contributed by atoms with Crippen LogP contribution in [0.4, 0.5) is 0 Å². The molecule has 1 aliphatic carbocycles. The zero-order valence-corrected chi connectivity index (χ0v) is 10.7. The van der Waals surface area contributed by atoms with Gasteiger partial charge in [0, 0.05) is 12.8 Å². The van der Waals surface area contributed by atoms with Crippen molar-refractivity contribution in [3.8, 4) is 0 Å². The van der Waals surface area contributed by atoms with Crippen LogP contribution in [0.1, 0.15) is 52.4 Å². The van der Waals surface area contributed by atoms with Crippen LogP contribution in [-0.4, -0.2) is 5.78 Å². The van der Waals surface area contributed by atoms with E-state index in [-0.39, 0.29) is 0 Å². The normalized spacial score (nSPS) is 15.6. The van der Waals surface area contributed by atoms with Gasteiger partial charge in [-0.25, -0.2) is 0 Å². The Morgan fingerprint density at radius 1 is 1.25 bits per heavy atom. The fourth-order valence-corrected chi connectivity index (χ4v) is 1.54. The van der Waals surface area contributed by atoms with E-state index >= 15 is 0 Å². The number of hydrogen-bond donors (Lipinski definition) is 0. The fourth-order valence-electron chi connectivity index (χ4n) is 1.54. The quantitative estimate of drug-likeness (QED) is 0.635. The van der Waals surface area contributed by atoms with Crippen molar-refractivity contribution in [1.82, 2.24) is 0 Å². The van der Waals surface area contributed by atoms with Gasteiger partial charge in [-0.15, -0.1) is 6.58 Å². The van der Waals surface area contributed by atoms with Gasteiger partial charge in [-0.3, -0.25) is 4.79 Å². The monoisotopic (exact) mass is 220 g/mol. The standard InChI is InChI=1S/C10H14O.C5H10/c1-2-3-4-9-5-7-10(11)8-6-9;1-3-5-4-2/h2,4H,1,3,5-8H2;3,5H,4H2,1-2H3. The number of rotatable bonds is 3.